The largest absolute Gasteiger partial charge is 0.487 e. The minimum atomic E-state index is -0.333. The topological polar surface area (TPSA) is 51.7 Å². The summed E-state index contributed by atoms with van der Waals surface area (Å²) in [4.78, 5) is 19.4. The normalized spacial score (nSPS) is 15.6. The average molecular weight is 503 g/mol. The standard InChI is InChI=1S/C26H25Cl2FN2O3/c1-26(2,3)34-21-7-9-24(30-13-21)33-15-20-11-18-10-19(29)6-4-17(18)14-31(20)25(32)16-5-8-22(27)23(28)12-16/h4-10,12-13,20H,11,14-15H2,1-3H3. The molecule has 5 nitrogen and oxygen atoms in total. The molecule has 2 heterocycles. The van der Waals surface area contributed by atoms with E-state index in [4.69, 9.17) is 32.7 Å². The van der Waals surface area contributed by atoms with Crippen molar-refractivity contribution in [3.05, 3.63) is 87.3 Å². The summed E-state index contributed by atoms with van der Waals surface area (Å²) in [5, 5.41) is 0.684. The van der Waals surface area contributed by atoms with Crippen molar-refractivity contribution in [2.45, 2.75) is 45.4 Å². The van der Waals surface area contributed by atoms with E-state index in [1.807, 2.05) is 20.8 Å². The van der Waals surface area contributed by atoms with Crippen LogP contribution in [0.15, 0.2) is 54.7 Å². The molecule has 0 bridgehead atoms. The van der Waals surface area contributed by atoms with Gasteiger partial charge in [0, 0.05) is 18.2 Å². The van der Waals surface area contributed by atoms with Crippen molar-refractivity contribution < 1.29 is 18.7 Å². The van der Waals surface area contributed by atoms with Crippen LogP contribution in [0.1, 0.15) is 42.3 Å². The van der Waals surface area contributed by atoms with E-state index in [0.29, 0.717) is 40.2 Å². The number of fused-ring (bicyclic) bond motifs is 1. The Balaban J connectivity index is 1.54. The summed E-state index contributed by atoms with van der Waals surface area (Å²) < 4.78 is 25.6. The monoisotopic (exact) mass is 502 g/mol. The van der Waals surface area contributed by atoms with E-state index in [0.717, 1.165) is 11.1 Å². The summed E-state index contributed by atoms with van der Waals surface area (Å²) >= 11 is 12.2. The van der Waals surface area contributed by atoms with E-state index < -0.39 is 0 Å². The third-order valence-electron chi connectivity index (χ3n) is 5.39. The number of carbonyl (C=O) groups excluding carboxylic acids is 1. The molecule has 2 aromatic carbocycles. The van der Waals surface area contributed by atoms with Gasteiger partial charge in [-0.2, -0.15) is 0 Å². The molecule has 8 heteroatoms. The molecule has 1 aromatic heterocycles. The number of ether oxygens (including phenoxy) is 2. The van der Waals surface area contributed by atoms with Crippen LogP contribution in [0, 0.1) is 5.82 Å². The zero-order chi connectivity index (χ0) is 24.5. The van der Waals surface area contributed by atoms with Crippen LogP contribution in [0.25, 0.3) is 0 Å². The summed E-state index contributed by atoms with van der Waals surface area (Å²) in [6.07, 6.45) is 2.05. The first-order valence-electron chi connectivity index (χ1n) is 10.9. The van der Waals surface area contributed by atoms with Gasteiger partial charge in [0.2, 0.25) is 5.88 Å². The van der Waals surface area contributed by atoms with Crippen LogP contribution in [0.5, 0.6) is 11.6 Å². The molecule has 0 aliphatic carbocycles. The highest BCUT2D eigenvalue weighted by atomic mass is 35.5. The third-order valence-corrected chi connectivity index (χ3v) is 6.13. The van der Waals surface area contributed by atoms with Gasteiger partial charge >= 0.3 is 0 Å². The summed E-state index contributed by atoms with van der Waals surface area (Å²) in [5.74, 6) is 0.536. The predicted octanol–water partition coefficient (Wildman–Crippen LogP) is 6.35. The van der Waals surface area contributed by atoms with Crippen molar-refractivity contribution in [2.24, 2.45) is 0 Å². The number of carbonyl (C=O) groups is 1. The van der Waals surface area contributed by atoms with E-state index in [-0.39, 0.29) is 30.0 Å². The number of aromatic nitrogens is 1. The molecule has 0 radical (unpaired) electrons. The van der Waals surface area contributed by atoms with Crippen LogP contribution in [-0.4, -0.2) is 34.0 Å². The van der Waals surface area contributed by atoms with Gasteiger partial charge in [-0.05, 0) is 74.7 Å². The SMILES string of the molecule is CC(C)(C)Oc1ccc(OCC2Cc3cc(F)ccc3CN2C(=O)c2ccc(Cl)c(Cl)c2)nc1. The van der Waals surface area contributed by atoms with Gasteiger partial charge < -0.3 is 14.4 Å². The zero-order valence-corrected chi connectivity index (χ0v) is 20.7. The summed E-state index contributed by atoms with van der Waals surface area (Å²) in [5.41, 5.74) is 1.84. The van der Waals surface area contributed by atoms with E-state index in [1.54, 1.807) is 47.5 Å². The van der Waals surface area contributed by atoms with Crippen molar-refractivity contribution in [3.8, 4) is 11.6 Å². The maximum Gasteiger partial charge on any atom is 0.254 e. The molecule has 0 fully saturated rings. The van der Waals surface area contributed by atoms with Gasteiger partial charge in [-0.3, -0.25) is 4.79 Å². The Hall–Kier alpha value is -2.83. The Morgan fingerprint density at radius 3 is 2.56 bits per heavy atom. The van der Waals surface area contributed by atoms with Gasteiger partial charge in [-0.15, -0.1) is 0 Å². The lowest BCUT2D eigenvalue weighted by atomic mass is 9.93. The van der Waals surface area contributed by atoms with E-state index >= 15 is 0 Å². The second-order valence-corrected chi connectivity index (χ2v) is 10.0. The maximum atomic E-state index is 13.9. The first kappa shape index (κ1) is 24.3. The molecule has 178 valence electrons. The second kappa shape index (κ2) is 9.80. The van der Waals surface area contributed by atoms with Crippen molar-refractivity contribution >= 4 is 29.1 Å². The molecule has 0 N–H and O–H groups in total. The fourth-order valence-corrected chi connectivity index (χ4v) is 4.14. The molecule has 3 aromatic rings. The van der Waals surface area contributed by atoms with Gasteiger partial charge in [0.05, 0.1) is 22.3 Å². The van der Waals surface area contributed by atoms with Crippen LogP contribution in [0.4, 0.5) is 4.39 Å². The molecule has 0 spiro atoms. The first-order valence-corrected chi connectivity index (χ1v) is 11.7. The lowest BCUT2D eigenvalue weighted by molar-refractivity contribution is 0.0562. The Morgan fingerprint density at radius 2 is 1.88 bits per heavy atom. The number of nitrogens with zero attached hydrogens (tertiary/aromatic N) is 2. The van der Waals surface area contributed by atoms with Gasteiger partial charge in [-0.1, -0.05) is 29.3 Å². The van der Waals surface area contributed by atoms with Crippen molar-refractivity contribution in [1.29, 1.82) is 0 Å². The molecular formula is C26H25Cl2FN2O3. The number of halogens is 3. The Bertz CT molecular complexity index is 1200. The van der Waals surface area contributed by atoms with E-state index in [1.165, 1.54) is 12.1 Å². The molecule has 4 rings (SSSR count). The molecule has 1 amide bonds. The van der Waals surface area contributed by atoms with E-state index in [2.05, 4.69) is 4.98 Å². The highest BCUT2D eigenvalue weighted by Crippen LogP contribution is 2.29. The van der Waals surface area contributed by atoms with Crippen LogP contribution in [0.2, 0.25) is 10.0 Å². The highest BCUT2D eigenvalue weighted by molar-refractivity contribution is 6.42. The summed E-state index contributed by atoms with van der Waals surface area (Å²) in [6, 6.07) is 12.6. The molecule has 0 saturated carbocycles. The molecule has 1 atom stereocenters. The number of pyridine rings is 1. The lowest BCUT2D eigenvalue weighted by Crippen LogP contribution is -2.47. The maximum absolute atomic E-state index is 13.9. The highest BCUT2D eigenvalue weighted by Gasteiger charge is 2.31. The minimum absolute atomic E-state index is 0.190. The number of rotatable bonds is 5. The Labute approximate surface area is 208 Å². The quantitative estimate of drug-likeness (QED) is 0.407. The number of hydrogen-bond donors (Lipinski definition) is 0. The average Bonchev–Trinajstić information content (AvgIpc) is 2.78. The molecule has 1 aliphatic rings. The van der Waals surface area contributed by atoms with Crippen molar-refractivity contribution in [3.63, 3.8) is 0 Å². The van der Waals surface area contributed by atoms with E-state index in [9.17, 15) is 9.18 Å². The summed E-state index contributed by atoms with van der Waals surface area (Å²) in [6.45, 7) is 6.39. The number of benzene rings is 2. The van der Waals surface area contributed by atoms with Gasteiger partial charge in [0.1, 0.15) is 23.8 Å². The smallest absolute Gasteiger partial charge is 0.254 e. The molecule has 1 aliphatic heterocycles. The van der Waals surface area contributed by atoms with Gasteiger partial charge in [0.25, 0.3) is 5.91 Å². The number of hydrogen-bond acceptors (Lipinski definition) is 4. The second-order valence-electron chi connectivity index (χ2n) is 9.19. The van der Waals surface area contributed by atoms with Crippen LogP contribution in [0.3, 0.4) is 0 Å². The zero-order valence-electron chi connectivity index (χ0n) is 19.1. The predicted molar refractivity (Wildman–Crippen MR) is 130 cm³/mol. The number of amides is 1. The van der Waals surface area contributed by atoms with Gasteiger partial charge in [0.15, 0.2) is 0 Å². The molecule has 0 saturated heterocycles. The minimum Gasteiger partial charge on any atom is -0.487 e. The lowest BCUT2D eigenvalue weighted by Gasteiger charge is -2.37. The van der Waals surface area contributed by atoms with Crippen molar-refractivity contribution in [2.75, 3.05) is 6.61 Å². The fourth-order valence-electron chi connectivity index (χ4n) is 3.84. The van der Waals surface area contributed by atoms with Crippen LogP contribution < -0.4 is 9.47 Å². The molecule has 1 unspecified atom stereocenters. The molecular weight excluding hydrogens is 478 g/mol. The summed E-state index contributed by atoms with van der Waals surface area (Å²) in [7, 11) is 0. The van der Waals surface area contributed by atoms with Crippen molar-refractivity contribution in [1.82, 2.24) is 9.88 Å². The first-order chi connectivity index (χ1) is 16.1. The Kier molecular flexibility index (Phi) is 7.01. The Morgan fingerprint density at radius 1 is 1.09 bits per heavy atom. The fraction of sp³-hybridized carbons (Fsp3) is 0.308. The molecule has 34 heavy (non-hydrogen) atoms. The van der Waals surface area contributed by atoms with Gasteiger partial charge in [-0.25, -0.2) is 9.37 Å². The van der Waals surface area contributed by atoms with Crippen LogP contribution in [-0.2, 0) is 13.0 Å². The van der Waals surface area contributed by atoms with Crippen LogP contribution >= 0.6 is 23.2 Å². The third kappa shape index (κ3) is 5.80.